The number of anilines is 1. The quantitative estimate of drug-likeness (QED) is 0.847. The van der Waals surface area contributed by atoms with Crippen LogP contribution in [0.2, 0.25) is 0 Å². The Hall–Kier alpha value is -1.30. The van der Waals surface area contributed by atoms with Crippen LogP contribution in [0, 0.1) is 0 Å². The zero-order valence-electron chi connectivity index (χ0n) is 10.3. The van der Waals surface area contributed by atoms with Crippen molar-refractivity contribution in [1.29, 1.82) is 0 Å². The van der Waals surface area contributed by atoms with Crippen LogP contribution in [-0.4, -0.2) is 25.8 Å². The van der Waals surface area contributed by atoms with Gasteiger partial charge in [-0.25, -0.2) is 4.39 Å². The largest absolute Gasteiger partial charge is 0.416 e. The van der Waals surface area contributed by atoms with Gasteiger partial charge in [-0.15, -0.1) is 0 Å². The van der Waals surface area contributed by atoms with Gasteiger partial charge in [0.1, 0.15) is 5.67 Å². The van der Waals surface area contributed by atoms with Crippen LogP contribution < -0.4 is 10.6 Å². The molecule has 1 rings (SSSR count). The molecule has 2 nitrogen and oxygen atoms in total. The van der Waals surface area contributed by atoms with Crippen molar-refractivity contribution in [2.24, 2.45) is 5.73 Å². The summed E-state index contributed by atoms with van der Waals surface area (Å²) in [5.41, 5.74) is 3.48. The van der Waals surface area contributed by atoms with E-state index in [1.807, 2.05) is 0 Å². The van der Waals surface area contributed by atoms with Gasteiger partial charge in [-0.2, -0.15) is 13.2 Å². The van der Waals surface area contributed by atoms with E-state index in [-0.39, 0.29) is 13.1 Å². The minimum absolute atomic E-state index is 0.0227. The van der Waals surface area contributed by atoms with Gasteiger partial charge in [-0.1, -0.05) is 0 Å². The first-order valence-corrected chi connectivity index (χ1v) is 5.43. The molecule has 0 aromatic heterocycles. The number of alkyl halides is 4. The van der Waals surface area contributed by atoms with Crippen molar-refractivity contribution in [1.82, 2.24) is 0 Å². The van der Waals surface area contributed by atoms with Crippen LogP contribution in [-0.2, 0) is 6.18 Å². The number of nitrogens with zero attached hydrogens (tertiary/aromatic N) is 1. The Morgan fingerprint density at radius 2 is 1.61 bits per heavy atom. The maximum absolute atomic E-state index is 13.7. The molecule has 1 aromatic carbocycles. The van der Waals surface area contributed by atoms with Crippen LogP contribution in [0.3, 0.4) is 0 Å². The van der Waals surface area contributed by atoms with Crippen LogP contribution >= 0.6 is 0 Å². The highest BCUT2D eigenvalue weighted by atomic mass is 19.4. The summed E-state index contributed by atoms with van der Waals surface area (Å²) in [6.45, 7) is 1.24. The molecule has 0 radical (unpaired) electrons. The summed E-state index contributed by atoms with van der Waals surface area (Å²) in [5.74, 6) is 0. The summed E-state index contributed by atoms with van der Waals surface area (Å²) in [4.78, 5) is 1.53. The monoisotopic (exact) mass is 264 g/mol. The summed E-state index contributed by atoms with van der Waals surface area (Å²) in [7, 11) is 1.61. The third-order valence-corrected chi connectivity index (χ3v) is 2.63. The number of nitrogens with two attached hydrogens (primary N) is 1. The van der Waals surface area contributed by atoms with Crippen LogP contribution in [0.4, 0.5) is 23.2 Å². The zero-order chi connectivity index (χ0) is 14.0. The lowest BCUT2D eigenvalue weighted by Gasteiger charge is -2.27. The van der Waals surface area contributed by atoms with Crippen LogP contribution in [0.5, 0.6) is 0 Å². The number of rotatable bonds is 4. The van der Waals surface area contributed by atoms with E-state index in [4.69, 9.17) is 5.73 Å². The lowest BCUT2D eigenvalue weighted by Crippen LogP contribution is -2.41. The van der Waals surface area contributed by atoms with Gasteiger partial charge >= 0.3 is 6.18 Å². The van der Waals surface area contributed by atoms with Crippen LogP contribution in [0.1, 0.15) is 12.5 Å². The van der Waals surface area contributed by atoms with E-state index in [1.165, 1.54) is 24.0 Å². The zero-order valence-corrected chi connectivity index (χ0v) is 10.3. The number of hydrogen-bond acceptors (Lipinski definition) is 2. The fourth-order valence-corrected chi connectivity index (χ4v) is 1.56. The van der Waals surface area contributed by atoms with Gasteiger partial charge in [0.05, 0.1) is 12.1 Å². The summed E-state index contributed by atoms with van der Waals surface area (Å²) in [6, 6.07) is 4.58. The summed E-state index contributed by atoms with van der Waals surface area (Å²) in [5, 5.41) is 0. The predicted molar refractivity (Wildman–Crippen MR) is 63.3 cm³/mol. The SMILES string of the molecule is CN(CC(C)(F)CN)c1ccc(C(F)(F)F)cc1. The molecule has 1 unspecified atom stereocenters. The molecule has 102 valence electrons. The van der Waals surface area contributed by atoms with E-state index in [0.717, 1.165) is 12.1 Å². The molecule has 0 heterocycles. The van der Waals surface area contributed by atoms with Crippen molar-refractivity contribution in [2.75, 3.05) is 25.0 Å². The Bertz CT molecular complexity index is 384. The molecular weight excluding hydrogens is 248 g/mol. The maximum atomic E-state index is 13.7. The molecule has 0 aliphatic rings. The minimum atomic E-state index is -4.36. The summed E-state index contributed by atoms with van der Waals surface area (Å²) >= 11 is 0. The molecule has 0 fully saturated rings. The molecule has 0 saturated carbocycles. The Kier molecular flexibility index (Phi) is 4.21. The fraction of sp³-hybridized carbons (Fsp3) is 0.500. The smallest absolute Gasteiger partial charge is 0.371 e. The van der Waals surface area contributed by atoms with Crippen molar-refractivity contribution in [3.8, 4) is 0 Å². The van der Waals surface area contributed by atoms with Gasteiger partial charge in [0, 0.05) is 19.3 Å². The normalized spacial score (nSPS) is 15.3. The van der Waals surface area contributed by atoms with Gasteiger partial charge in [-0.05, 0) is 31.2 Å². The van der Waals surface area contributed by atoms with E-state index in [9.17, 15) is 17.6 Å². The van der Waals surface area contributed by atoms with Crippen molar-refractivity contribution in [3.05, 3.63) is 29.8 Å². The fourth-order valence-electron chi connectivity index (χ4n) is 1.56. The van der Waals surface area contributed by atoms with Crippen molar-refractivity contribution < 1.29 is 17.6 Å². The molecule has 6 heteroatoms. The van der Waals surface area contributed by atoms with E-state index in [2.05, 4.69) is 0 Å². The van der Waals surface area contributed by atoms with Gasteiger partial charge in [0.25, 0.3) is 0 Å². The average molecular weight is 264 g/mol. The second-order valence-electron chi connectivity index (χ2n) is 4.52. The molecular formula is C12H16F4N2. The van der Waals surface area contributed by atoms with Crippen molar-refractivity contribution >= 4 is 5.69 Å². The van der Waals surface area contributed by atoms with E-state index >= 15 is 0 Å². The third-order valence-electron chi connectivity index (χ3n) is 2.63. The van der Waals surface area contributed by atoms with Crippen LogP contribution in [0.25, 0.3) is 0 Å². The Balaban J connectivity index is 2.80. The highest BCUT2D eigenvalue weighted by Gasteiger charge is 2.30. The molecule has 0 aliphatic carbocycles. The second-order valence-corrected chi connectivity index (χ2v) is 4.52. The highest BCUT2D eigenvalue weighted by molar-refractivity contribution is 5.47. The van der Waals surface area contributed by atoms with Gasteiger partial charge in [0.15, 0.2) is 0 Å². The lowest BCUT2D eigenvalue weighted by atomic mass is 10.1. The predicted octanol–water partition coefficient (Wildman–Crippen LogP) is 2.83. The number of halogens is 4. The molecule has 1 aromatic rings. The first kappa shape index (κ1) is 14.8. The van der Waals surface area contributed by atoms with E-state index < -0.39 is 17.4 Å². The third kappa shape index (κ3) is 3.87. The second kappa shape index (κ2) is 5.14. The van der Waals surface area contributed by atoms with Gasteiger partial charge < -0.3 is 10.6 Å². The molecule has 0 amide bonds. The van der Waals surface area contributed by atoms with E-state index in [0.29, 0.717) is 5.69 Å². The Morgan fingerprint density at radius 1 is 1.11 bits per heavy atom. The minimum Gasteiger partial charge on any atom is -0.371 e. The summed E-state index contributed by atoms with van der Waals surface area (Å²) < 4.78 is 50.7. The van der Waals surface area contributed by atoms with E-state index in [1.54, 1.807) is 7.05 Å². The molecule has 0 spiro atoms. The standard InChI is InChI=1S/C12H16F4N2/c1-11(13,7-17)8-18(2)10-5-3-9(4-6-10)12(14,15)16/h3-6H,7-8,17H2,1-2H3. The topological polar surface area (TPSA) is 29.3 Å². The first-order valence-electron chi connectivity index (χ1n) is 5.43. The molecule has 0 bridgehead atoms. The maximum Gasteiger partial charge on any atom is 0.416 e. The lowest BCUT2D eigenvalue weighted by molar-refractivity contribution is -0.137. The molecule has 18 heavy (non-hydrogen) atoms. The highest BCUT2D eigenvalue weighted by Crippen LogP contribution is 2.30. The van der Waals surface area contributed by atoms with Crippen molar-refractivity contribution in [3.63, 3.8) is 0 Å². The average Bonchev–Trinajstić information content (AvgIpc) is 2.27. The molecule has 0 saturated heterocycles. The van der Waals surface area contributed by atoms with Gasteiger partial charge in [0.2, 0.25) is 0 Å². The van der Waals surface area contributed by atoms with Crippen LogP contribution in [0.15, 0.2) is 24.3 Å². The Labute approximate surface area is 103 Å². The molecule has 1 atom stereocenters. The molecule has 0 aliphatic heterocycles. The number of benzene rings is 1. The number of hydrogen-bond donors (Lipinski definition) is 1. The van der Waals surface area contributed by atoms with Gasteiger partial charge in [-0.3, -0.25) is 0 Å². The summed E-state index contributed by atoms with van der Waals surface area (Å²) in [6.07, 6.45) is -4.36. The van der Waals surface area contributed by atoms with Crippen molar-refractivity contribution in [2.45, 2.75) is 18.8 Å². The Morgan fingerprint density at radius 3 is 2.00 bits per heavy atom. The molecule has 2 N–H and O–H groups in total. The first-order chi connectivity index (χ1) is 8.15.